The van der Waals surface area contributed by atoms with E-state index in [0.29, 0.717) is 6.61 Å². The molecule has 0 saturated carbocycles. The van der Waals surface area contributed by atoms with Crippen LogP contribution < -0.4 is 5.32 Å². The van der Waals surface area contributed by atoms with Gasteiger partial charge in [0.15, 0.2) is 0 Å². The molecule has 4 nitrogen and oxygen atoms in total. The average molecular weight is 356 g/mol. The van der Waals surface area contributed by atoms with Crippen molar-refractivity contribution in [3.05, 3.63) is 95.6 Å². The first kappa shape index (κ1) is 17.2. The highest BCUT2D eigenvalue weighted by atomic mass is 16.5. The average Bonchev–Trinajstić information content (AvgIpc) is 3.03. The number of aliphatic imine (C=N–C) groups is 1. The molecule has 0 aromatic heterocycles. The molecule has 0 fully saturated rings. The van der Waals surface area contributed by atoms with E-state index in [2.05, 4.69) is 5.32 Å². The smallest absolute Gasteiger partial charge is 0.238 e. The molecule has 1 unspecified atom stereocenters. The predicted octanol–water partition coefficient (Wildman–Crippen LogP) is 4.69. The van der Waals surface area contributed by atoms with Gasteiger partial charge >= 0.3 is 0 Å². The van der Waals surface area contributed by atoms with E-state index in [0.717, 1.165) is 33.8 Å². The number of methoxy groups -OCH3 is 1. The molecule has 1 heterocycles. The van der Waals surface area contributed by atoms with Gasteiger partial charge in [-0.2, -0.15) is 0 Å². The van der Waals surface area contributed by atoms with Crippen molar-refractivity contribution in [3.63, 3.8) is 0 Å². The molecule has 0 bridgehead atoms. The molecule has 0 spiro atoms. The first-order valence-electron chi connectivity index (χ1n) is 8.88. The van der Waals surface area contributed by atoms with Gasteiger partial charge in [0.2, 0.25) is 5.91 Å². The molecule has 0 radical (unpaired) electrons. The summed E-state index contributed by atoms with van der Waals surface area (Å²) in [4.78, 5) is 17.7. The maximum Gasteiger partial charge on any atom is 0.238 e. The molecule has 27 heavy (non-hydrogen) atoms. The Balaban J connectivity index is 1.84. The molecule has 1 amide bonds. The maximum absolute atomic E-state index is 12.8. The Bertz CT molecular complexity index is 996. The second kappa shape index (κ2) is 7.56. The Kier molecular flexibility index (Phi) is 4.81. The van der Waals surface area contributed by atoms with Gasteiger partial charge < -0.3 is 10.1 Å². The lowest BCUT2D eigenvalue weighted by Crippen LogP contribution is -2.21. The van der Waals surface area contributed by atoms with E-state index in [-0.39, 0.29) is 5.91 Å². The normalized spacial score (nSPS) is 16.1. The van der Waals surface area contributed by atoms with Crippen LogP contribution in [0.2, 0.25) is 0 Å². The van der Waals surface area contributed by atoms with Gasteiger partial charge in [-0.1, -0.05) is 60.7 Å². The number of nitrogens with zero attached hydrogens (tertiary/aromatic N) is 1. The summed E-state index contributed by atoms with van der Waals surface area (Å²) in [5.74, 6) is -0.485. The van der Waals surface area contributed by atoms with Crippen LogP contribution >= 0.6 is 0 Å². The third-order valence-corrected chi connectivity index (χ3v) is 4.61. The summed E-state index contributed by atoms with van der Waals surface area (Å²) < 4.78 is 5.22. The lowest BCUT2D eigenvalue weighted by molar-refractivity contribution is -0.115. The summed E-state index contributed by atoms with van der Waals surface area (Å²) >= 11 is 0. The topological polar surface area (TPSA) is 50.7 Å². The minimum absolute atomic E-state index is 0.0492. The highest BCUT2D eigenvalue weighted by Crippen LogP contribution is 2.36. The first-order chi connectivity index (χ1) is 13.3. The van der Waals surface area contributed by atoms with Crippen molar-refractivity contribution in [2.45, 2.75) is 12.5 Å². The Morgan fingerprint density at radius 2 is 1.78 bits per heavy atom. The number of para-hydroxylation sites is 1. The highest BCUT2D eigenvalue weighted by Gasteiger charge is 2.35. The molecule has 4 rings (SSSR count). The largest absolute Gasteiger partial charge is 0.380 e. The summed E-state index contributed by atoms with van der Waals surface area (Å²) in [7, 11) is 1.67. The maximum atomic E-state index is 12.8. The van der Waals surface area contributed by atoms with Gasteiger partial charge in [0.05, 0.1) is 18.0 Å². The number of rotatable bonds is 5. The van der Waals surface area contributed by atoms with Crippen LogP contribution in [0.3, 0.4) is 0 Å². The van der Waals surface area contributed by atoms with E-state index >= 15 is 0 Å². The summed E-state index contributed by atoms with van der Waals surface area (Å²) in [6.07, 6.45) is 0. The van der Waals surface area contributed by atoms with Crippen LogP contribution in [0.15, 0.2) is 83.9 Å². The molecule has 3 aromatic carbocycles. The fourth-order valence-corrected chi connectivity index (χ4v) is 3.41. The fraction of sp³-hybridized carbons (Fsp3) is 0.130. The van der Waals surface area contributed by atoms with E-state index in [1.54, 1.807) is 7.11 Å². The van der Waals surface area contributed by atoms with Crippen LogP contribution in [0.5, 0.6) is 0 Å². The monoisotopic (exact) mass is 356 g/mol. The van der Waals surface area contributed by atoms with Crippen LogP contribution in [-0.4, -0.2) is 18.7 Å². The Hall–Kier alpha value is -3.24. The van der Waals surface area contributed by atoms with Crippen LogP contribution in [-0.2, 0) is 16.1 Å². The lowest BCUT2D eigenvalue weighted by Gasteiger charge is -2.14. The molecular weight excluding hydrogens is 336 g/mol. The van der Waals surface area contributed by atoms with Gasteiger partial charge in [0, 0.05) is 12.8 Å². The SMILES string of the molecule is COCc1cccc(N=C(c2ccccc2)C2C(=O)Nc3ccccc32)c1. The predicted molar refractivity (Wildman–Crippen MR) is 108 cm³/mol. The van der Waals surface area contributed by atoms with Crippen molar-refractivity contribution in [1.82, 2.24) is 0 Å². The minimum atomic E-state index is -0.435. The van der Waals surface area contributed by atoms with Crippen molar-refractivity contribution >= 4 is 23.0 Å². The number of carbonyl (C=O) groups is 1. The Morgan fingerprint density at radius 3 is 2.59 bits per heavy atom. The van der Waals surface area contributed by atoms with E-state index in [4.69, 9.17) is 9.73 Å². The van der Waals surface area contributed by atoms with Gasteiger partial charge in [-0.15, -0.1) is 0 Å². The molecule has 134 valence electrons. The molecule has 1 N–H and O–H groups in total. The highest BCUT2D eigenvalue weighted by molar-refractivity contribution is 6.24. The van der Waals surface area contributed by atoms with E-state index in [9.17, 15) is 4.79 Å². The Morgan fingerprint density at radius 1 is 1.00 bits per heavy atom. The van der Waals surface area contributed by atoms with E-state index < -0.39 is 5.92 Å². The van der Waals surface area contributed by atoms with Crippen molar-refractivity contribution in [3.8, 4) is 0 Å². The van der Waals surface area contributed by atoms with Gasteiger partial charge in [-0.3, -0.25) is 9.79 Å². The van der Waals surface area contributed by atoms with Crippen molar-refractivity contribution < 1.29 is 9.53 Å². The number of benzene rings is 3. The number of anilines is 1. The molecule has 0 saturated heterocycles. The summed E-state index contributed by atoms with van der Waals surface area (Å²) in [5, 5.41) is 2.98. The number of nitrogens with one attached hydrogen (secondary N) is 1. The molecule has 0 aliphatic carbocycles. The summed E-state index contributed by atoms with van der Waals surface area (Å²) in [5.41, 5.74) is 5.34. The number of fused-ring (bicyclic) bond motifs is 1. The van der Waals surface area contributed by atoms with Gasteiger partial charge in [-0.05, 0) is 34.9 Å². The first-order valence-corrected chi connectivity index (χ1v) is 8.88. The third kappa shape index (κ3) is 3.52. The summed E-state index contributed by atoms with van der Waals surface area (Å²) in [6, 6.07) is 25.6. The molecule has 1 aliphatic heterocycles. The van der Waals surface area contributed by atoms with Gasteiger partial charge in [0.25, 0.3) is 0 Å². The van der Waals surface area contributed by atoms with E-state index in [1.807, 2.05) is 78.9 Å². The Labute approximate surface area is 158 Å². The molecule has 1 atom stereocenters. The lowest BCUT2D eigenvalue weighted by atomic mass is 9.90. The van der Waals surface area contributed by atoms with Crippen LogP contribution in [0.4, 0.5) is 11.4 Å². The van der Waals surface area contributed by atoms with Gasteiger partial charge in [-0.25, -0.2) is 0 Å². The zero-order valence-electron chi connectivity index (χ0n) is 15.1. The third-order valence-electron chi connectivity index (χ3n) is 4.61. The van der Waals surface area contributed by atoms with Crippen molar-refractivity contribution in [2.75, 3.05) is 12.4 Å². The zero-order chi connectivity index (χ0) is 18.6. The van der Waals surface area contributed by atoms with Crippen LogP contribution in [0.1, 0.15) is 22.6 Å². The van der Waals surface area contributed by atoms with Crippen molar-refractivity contribution in [1.29, 1.82) is 0 Å². The number of carbonyl (C=O) groups excluding carboxylic acids is 1. The number of amides is 1. The minimum Gasteiger partial charge on any atom is -0.380 e. The van der Waals surface area contributed by atoms with Crippen molar-refractivity contribution in [2.24, 2.45) is 4.99 Å². The fourth-order valence-electron chi connectivity index (χ4n) is 3.41. The number of hydrogen-bond donors (Lipinski definition) is 1. The number of ether oxygens (including phenoxy) is 1. The standard InChI is InChI=1S/C23H20N2O2/c1-27-15-16-8-7-11-18(14-16)24-22(17-9-3-2-4-10-17)21-19-12-5-6-13-20(19)25-23(21)26/h2-14,21H,15H2,1H3,(H,25,26). The van der Waals surface area contributed by atoms with E-state index in [1.165, 1.54) is 0 Å². The second-order valence-corrected chi connectivity index (χ2v) is 6.48. The second-order valence-electron chi connectivity index (χ2n) is 6.48. The zero-order valence-corrected chi connectivity index (χ0v) is 15.1. The van der Waals surface area contributed by atoms with Gasteiger partial charge in [0.1, 0.15) is 5.92 Å². The molecule has 4 heteroatoms. The molecule has 3 aromatic rings. The van der Waals surface area contributed by atoms with Crippen LogP contribution in [0, 0.1) is 0 Å². The quantitative estimate of drug-likeness (QED) is 0.674. The number of hydrogen-bond acceptors (Lipinski definition) is 3. The molecule has 1 aliphatic rings. The molecular formula is C23H20N2O2. The summed E-state index contributed by atoms with van der Waals surface area (Å²) in [6.45, 7) is 0.525. The van der Waals surface area contributed by atoms with Crippen LogP contribution in [0.25, 0.3) is 0 Å².